The van der Waals surface area contributed by atoms with Gasteiger partial charge in [0.2, 0.25) is 5.91 Å². The highest BCUT2D eigenvalue weighted by Crippen LogP contribution is 2.17. The third-order valence-corrected chi connectivity index (χ3v) is 4.43. The summed E-state index contributed by atoms with van der Waals surface area (Å²) in [4.78, 5) is 11.8. The Kier molecular flexibility index (Phi) is 4.20. The molecule has 0 aliphatic rings. The van der Waals surface area contributed by atoms with E-state index in [9.17, 15) is 9.00 Å². The summed E-state index contributed by atoms with van der Waals surface area (Å²) in [5.74, 6) is -0.0614. The van der Waals surface area contributed by atoms with Crippen molar-refractivity contribution in [3.63, 3.8) is 0 Å². The van der Waals surface area contributed by atoms with Crippen molar-refractivity contribution in [2.24, 2.45) is 5.73 Å². The van der Waals surface area contributed by atoms with E-state index in [1.165, 1.54) is 0 Å². The van der Waals surface area contributed by atoms with Crippen molar-refractivity contribution < 1.29 is 9.00 Å². The predicted molar refractivity (Wildman–Crippen MR) is 80.7 cm³/mol. The molecule has 4 nitrogen and oxygen atoms in total. The van der Waals surface area contributed by atoms with Crippen LogP contribution in [0.4, 0.5) is 5.69 Å². The maximum Gasteiger partial charge on any atom is 0.248 e. The third-order valence-electron chi connectivity index (χ3n) is 3.06. The van der Waals surface area contributed by atoms with Crippen LogP contribution in [0.1, 0.15) is 21.5 Å². The molecule has 0 heterocycles. The van der Waals surface area contributed by atoms with Crippen LogP contribution in [0.25, 0.3) is 0 Å². The van der Waals surface area contributed by atoms with Crippen molar-refractivity contribution in [2.45, 2.75) is 17.6 Å². The Hall–Kier alpha value is -2.14. The topological polar surface area (TPSA) is 86.2 Å². The standard InChI is InChI=1S/C15H16N2O2S/c1-10-8-11(15(17)18)2-3-12(10)9-20(19)14-6-4-13(16)5-7-14/h2-8H,9,16H2,1H3,(H2,17,18). The van der Waals surface area contributed by atoms with Crippen LogP contribution in [0.2, 0.25) is 0 Å². The van der Waals surface area contributed by atoms with Gasteiger partial charge in [-0.1, -0.05) is 6.07 Å². The molecule has 0 saturated carbocycles. The molecule has 1 atom stereocenters. The number of hydrogen-bond acceptors (Lipinski definition) is 3. The molecule has 104 valence electrons. The number of primary amides is 1. The van der Waals surface area contributed by atoms with E-state index in [4.69, 9.17) is 11.5 Å². The van der Waals surface area contributed by atoms with Gasteiger partial charge in [-0.05, 0) is 54.4 Å². The predicted octanol–water partition coefficient (Wildman–Crippen LogP) is 1.98. The maximum atomic E-state index is 12.3. The monoisotopic (exact) mass is 288 g/mol. The van der Waals surface area contributed by atoms with Gasteiger partial charge in [-0.15, -0.1) is 0 Å². The second-order valence-electron chi connectivity index (χ2n) is 4.56. The summed E-state index contributed by atoms with van der Waals surface area (Å²) >= 11 is 0. The van der Waals surface area contributed by atoms with Crippen LogP contribution >= 0.6 is 0 Å². The van der Waals surface area contributed by atoms with Gasteiger partial charge >= 0.3 is 0 Å². The largest absolute Gasteiger partial charge is 0.399 e. The first-order chi connectivity index (χ1) is 9.47. The molecule has 0 spiro atoms. The van der Waals surface area contributed by atoms with E-state index in [0.717, 1.165) is 16.0 Å². The average Bonchev–Trinajstić information content (AvgIpc) is 2.41. The van der Waals surface area contributed by atoms with Crippen molar-refractivity contribution in [3.05, 3.63) is 59.2 Å². The molecular formula is C15H16N2O2S. The zero-order valence-corrected chi connectivity index (χ0v) is 11.9. The molecule has 0 aromatic heterocycles. The number of aryl methyl sites for hydroxylation is 1. The van der Waals surface area contributed by atoms with Gasteiger partial charge in [0.1, 0.15) is 0 Å². The molecule has 2 rings (SSSR count). The van der Waals surface area contributed by atoms with Crippen molar-refractivity contribution >= 4 is 22.4 Å². The van der Waals surface area contributed by atoms with E-state index in [1.807, 2.05) is 6.92 Å². The van der Waals surface area contributed by atoms with Crippen LogP contribution in [-0.2, 0) is 16.6 Å². The lowest BCUT2D eigenvalue weighted by Crippen LogP contribution is -2.11. The Morgan fingerprint density at radius 2 is 1.80 bits per heavy atom. The van der Waals surface area contributed by atoms with Gasteiger partial charge in [-0.2, -0.15) is 0 Å². The van der Waals surface area contributed by atoms with E-state index in [1.54, 1.807) is 42.5 Å². The first-order valence-electron chi connectivity index (χ1n) is 6.10. The van der Waals surface area contributed by atoms with Crippen LogP contribution < -0.4 is 11.5 Å². The second kappa shape index (κ2) is 5.88. The molecule has 1 amide bonds. The van der Waals surface area contributed by atoms with E-state index < -0.39 is 16.7 Å². The van der Waals surface area contributed by atoms with Crippen molar-refractivity contribution in [1.29, 1.82) is 0 Å². The van der Waals surface area contributed by atoms with Crippen LogP contribution in [-0.4, -0.2) is 10.1 Å². The van der Waals surface area contributed by atoms with Gasteiger partial charge in [0, 0.05) is 16.1 Å². The summed E-state index contributed by atoms with van der Waals surface area (Å²) in [7, 11) is -1.14. The van der Waals surface area contributed by atoms with Crippen molar-refractivity contribution in [1.82, 2.24) is 0 Å². The molecular weight excluding hydrogens is 272 g/mol. The van der Waals surface area contributed by atoms with Crippen molar-refractivity contribution in [2.75, 3.05) is 5.73 Å². The molecule has 0 saturated heterocycles. The molecule has 20 heavy (non-hydrogen) atoms. The van der Waals surface area contributed by atoms with Gasteiger partial charge in [-0.25, -0.2) is 0 Å². The number of amides is 1. The minimum atomic E-state index is -1.14. The molecule has 4 N–H and O–H groups in total. The smallest absolute Gasteiger partial charge is 0.248 e. The number of nitrogen functional groups attached to an aromatic ring is 1. The normalized spacial score (nSPS) is 12.1. The summed E-state index contributed by atoms with van der Waals surface area (Å²) in [6.45, 7) is 1.88. The lowest BCUT2D eigenvalue weighted by atomic mass is 10.1. The second-order valence-corrected chi connectivity index (χ2v) is 6.02. The summed E-state index contributed by atoms with van der Waals surface area (Å²) in [5.41, 5.74) is 13.8. The lowest BCUT2D eigenvalue weighted by Gasteiger charge is -2.07. The third kappa shape index (κ3) is 3.24. The van der Waals surface area contributed by atoms with Crippen LogP contribution in [0.15, 0.2) is 47.4 Å². The number of anilines is 1. The molecule has 0 aliphatic carbocycles. The number of carbonyl (C=O) groups is 1. The zero-order valence-electron chi connectivity index (χ0n) is 11.1. The lowest BCUT2D eigenvalue weighted by molar-refractivity contribution is 0.1000. The Balaban J connectivity index is 2.19. The molecule has 0 bridgehead atoms. The minimum Gasteiger partial charge on any atom is -0.399 e. The van der Waals surface area contributed by atoms with Gasteiger partial charge in [0.05, 0.1) is 16.6 Å². The quantitative estimate of drug-likeness (QED) is 0.843. The van der Waals surface area contributed by atoms with E-state index in [0.29, 0.717) is 17.0 Å². The van der Waals surface area contributed by atoms with Gasteiger partial charge in [-0.3, -0.25) is 9.00 Å². The highest BCUT2D eigenvalue weighted by molar-refractivity contribution is 7.84. The molecule has 1 unspecified atom stereocenters. The summed E-state index contributed by atoms with van der Waals surface area (Å²) in [6.07, 6.45) is 0. The Morgan fingerprint density at radius 1 is 1.15 bits per heavy atom. The first-order valence-corrected chi connectivity index (χ1v) is 7.42. The van der Waals surface area contributed by atoms with Gasteiger partial charge < -0.3 is 11.5 Å². The Labute approximate surface area is 120 Å². The number of rotatable bonds is 4. The number of nitrogens with two attached hydrogens (primary N) is 2. The van der Waals surface area contributed by atoms with Crippen LogP contribution in [0, 0.1) is 6.92 Å². The van der Waals surface area contributed by atoms with Crippen LogP contribution in [0.5, 0.6) is 0 Å². The zero-order chi connectivity index (χ0) is 14.7. The fourth-order valence-electron chi connectivity index (χ4n) is 1.86. The summed E-state index contributed by atoms with van der Waals surface area (Å²) in [5, 5.41) is 0. The molecule has 0 fully saturated rings. The highest BCUT2D eigenvalue weighted by atomic mass is 32.2. The van der Waals surface area contributed by atoms with E-state index >= 15 is 0 Å². The molecule has 2 aromatic carbocycles. The summed E-state index contributed by atoms with van der Waals surface area (Å²) < 4.78 is 12.3. The fourth-order valence-corrected chi connectivity index (χ4v) is 3.07. The van der Waals surface area contributed by atoms with Crippen molar-refractivity contribution in [3.8, 4) is 0 Å². The van der Waals surface area contributed by atoms with E-state index in [2.05, 4.69) is 0 Å². The number of benzene rings is 2. The molecule has 2 aromatic rings. The van der Waals surface area contributed by atoms with E-state index in [-0.39, 0.29) is 0 Å². The highest BCUT2D eigenvalue weighted by Gasteiger charge is 2.09. The average molecular weight is 288 g/mol. The van der Waals surface area contributed by atoms with Gasteiger partial charge in [0.25, 0.3) is 0 Å². The molecule has 0 aliphatic heterocycles. The van der Waals surface area contributed by atoms with Gasteiger partial charge in [0.15, 0.2) is 0 Å². The number of hydrogen-bond donors (Lipinski definition) is 2. The SMILES string of the molecule is Cc1cc(C(N)=O)ccc1CS(=O)c1ccc(N)cc1. The molecule has 5 heteroatoms. The minimum absolute atomic E-state index is 0.398. The number of carbonyl (C=O) groups excluding carboxylic acids is 1. The Bertz CT molecular complexity index is 666. The Morgan fingerprint density at radius 3 is 2.35 bits per heavy atom. The first kappa shape index (κ1) is 14.3. The summed E-state index contributed by atoms with van der Waals surface area (Å²) in [6, 6.07) is 12.2. The maximum absolute atomic E-state index is 12.3. The fraction of sp³-hybridized carbons (Fsp3) is 0.133. The van der Waals surface area contributed by atoms with Crippen LogP contribution in [0.3, 0.4) is 0 Å². The molecule has 0 radical (unpaired) electrons.